The summed E-state index contributed by atoms with van der Waals surface area (Å²) in [4.78, 5) is 10.2. The highest BCUT2D eigenvalue weighted by molar-refractivity contribution is 5.71. The predicted molar refractivity (Wildman–Crippen MR) is 36.3 cm³/mol. The van der Waals surface area contributed by atoms with Crippen molar-refractivity contribution in [1.82, 2.24) is 5.32 Å². The van der Waals surface area contributed by atoms with Crippen molar-refractivity contribution in [3.05, 3.63) is 0 Å². The zero-order valence-electron chi connectivity index (χ0n) is 5.76. The van der Waals surface area contributed by atoms with E-state index in [1.54, 1.807) is 0 Å². The summed E-state index contributed by atoms with van der Waals surface area (Å²) in [5.41, 5.74) is 4.82. The Kier molecular flexibility index (Phi) is 1.80. The van der Waals surface area contributed by atoms with Gasteiger partial charge in [0.05, 0.1) is 6.61 Å². The van der Waals surface area contributed by atoms with Gasteiger partial charge >= 0.3 is 6.03 Å². The molecule has 1 rings (SSSR count). The Hall–Kier alpha value is -0.770. The topological polar surface area (TPSA) is 75.4 Å². The number of rotatable bonds is 3. The van der Waals surface area contributed by atoms with E-state index in [4.69, 9.17) is 10.8 Å². The third-order valence-corrected chi connectivity index (χ3v) is 1.93. The molecular formula is C6H12N2O2. The maximum Gasteiger partial charge on any atom is 0.312 e. The standard InChI is InChI=1S/C6H12N2O2/c7-5(10)8-3-6(4-9)1-2-6/h9H,1-4H2,(H3,7,8,10). The molecule has 58 valence electrons. The van der Waals surface area contributed by atoms with Crippen LogP contribution in [0.4, 0.5) is 4.79 Å². The van der Waals surface area contributed by atoms with Crippen LogP contribution >= 0.6 is 0 Å². The van der Waals surface area contributed by atoms with Crippen LogP contribution in [0.25, 0.3) is 0 Å². The van der Waals surface area contributed by atoms with Crippen LogP contribution in [0.5, 0.6) is 0 Å². The zero-order valence-corrected chi connectivity index (χ0v) is 5.76. The number of primary amides is 1. The number of aliphatic hydroxyl groups is 1. The molecule has 0 aromatic carbocycles. The summed E-state index contributed by atoms with van der Waals surface area (Å²) in [6.07, 6.45) is 1.98. The molecule has 2 amide bonds. The van der Waals surface area contributed by atoms with E-state index < -0.39 is 6.03 Å². The highest BCUT2D eigenvalue weighted by atomic mass is 16.3. The summed E-state index contributed by atoms with van der Waals surface area (Å²) < 4.78 is 0. The highest BCUT2D eigenvalue weighted by Gasteiger charge is 2.41. The number of nitrogens with two attached hydrogens (primary N) is 1. The van der Waals surface area contributed by atoms with E-state index >= 15 is 0 Å². The largest absolute Gasteiger partial charge is 0.396 e. The monoisotopic (exact) mass is 144 g/mol. The number of aliphatic hydroxyl groups excluding tert-OH is 1. The maximum absolute atomic E-state index is 10.2. The lowest BCUT2D eigenvalue weighted by atomic mass is 10.1. The summed E-state index contributed by atoms with van der Waals surface area (Å²) in [6.45, 7) is 0.659. The van der Waals surface area contributed by atoms with Gasteiger partial charge in [-0.3, -0.25) is 0 Å². The van der Waals surface area contributed by atoms with Crippen LogP contribution in [-0.2, 0) is 0 Å². The molecule has 1 saturated carbocycles. The SMILES string of the molecule is NC(=O)NCC1(CO)CC1. The van der Waals surface area contributed by atoms with Crippen LogP contribution in [0.2, 0.25) is 0 Å². The number of carbonyl (C=O) groups excluding carboxylic acids is 1. The van der Waals surface area contributed by atoms with E-state index in [0.29, 0.717) is 6.54 Å². The fourth-order valence-electron chi connectivity index (χ4n) is 0.842. The van der Waals surface area contributed by atoms with E-state index in [0.717, 1.165) is 12.8 Å². The number of hydrogen-bond acceptors (Lipinski definition) is 2. The minimum absolute atomic E-state index is 0.0327. The Balaban J connectivity index is 2.19. The molecule has 0 bridgehead atoms. The number of hydrogen-bond donors (Lipinski definition) is 3. The van der Waals surface area contributed by atoms with Gasteiger partial charge in [-0.25, -0.2) is 4.79 Å². The van der Waals surface area contributed by atoms with Crippen molar-refractivity contribution in [3.8, 4) is 0 Å². The Bertz CT molecular complexity index is 143. The smallest absolute Gasteiger partial charge is 0.312 e. The molecule has 10 heavy (non-hydrogen) atoms. The summed E-state index contributed by atoms with van der Waals surface area (Å²) in [5.74, 6) is 0. The molecule has 4 N–H and O–H groups in total. The number of nitrogens with one attached hydrogen (secondary N) is 1. The number of amides is 2. The molecule has 0 aromatic rings. The van der Waals surface area contributed by atoms with Crippen LogP contribution in [-0.4, -0.2) is 24.3 Å². The van der Waals surface area contributed by atoms with Crippen LogP contribution in [0.15, 0.2) is 0 Å². The van der Waals surface area contributed by atoms with Gasteiger partial charge in [0.1, 0.15) is 0 Å². The van der Waals surface area contributed by atoms with E-state index in [2.05, 4.69) is 5.32 Å². The Labute approximate surface area is 59.4 Å². The minimum Gasteiger partial charge on any atom is -0.396 e. The lowest BCUT2D eigenvalue weighted by molar-refractivity contribution is 0.205. The molecule has 1 fully saturated rings. The first-order valence-electron chi connectivity index (χ1n) is 3.33. The Morgan fingerprint density at radius 1 is 1.70 bits per heavy atom. The molecule has 4 heteroatoms. The van der Waals surface area contributed by atoms with Gasteiger partial charge in [0.25, 0.3) is 0 Å². The lowest BCUT2D eigenvalue weighted by Crippen LogP contribution is -2.35. The van der Waals surface area contributed by atoms with Crippen LogP contribution < -0.4 is 11.1 Å². The van der Waals surface area contributed by atoms with Gasteiger partial charge < -0.3 is 16.2 Å². The summed E-state index contributed by atoms with van der Waals surface area (Å²) in [7, 11) is 0. The fraction of sp³-hybridized carbons (Fsp3) is 0.833. The molecule has 0 spiro atoms. The molecule has 0 radical (unpaired) electrons. The van der Waals surface area contributed by atoms with E-state index in [-0.39, 0.29) is 12.0 Å². The highest BCUT2D eigenvalue weighted by Crippen LogP contribution is 2.44. The maximum atomic E-state index is 10.2. The zero-order chi connectivity index (χ0) is 7.61. The van der Waals surface area contributed by atoms with Crippen molar-refractivity contribution in [2.45, 2.75) is 12.8 Å². The average molecular weight is 144 g/mol. The molecule has 0 aromatic heterocycles. The van der Waals surface area contributed by atoms with E-state index in [9.17, 15) is 4.79 Å². The van der Waals surface area contributed by atoms with Crippen molar-refractivity contribution in [2.24, 2.45) is 11.1 Å². The van der Waals surface area contributed by atoms with Gasteiger partial charge in [-0.15, -0.1) is 0 Å². The van der Waals surface area contributed by atoms with Crippen molar-refractivity contribution >= 4 is 6.03 Å². The van der Waals surface area contributed by atoms with Gasteiger partial charge in [0.15, 0.2) is 0 Å². The quantitative estimate of drug-likeness (QED) is 0.496. The summed E-state index contributed by atoms with van der Waals surface area (Å²) in [6, 6.07) is -0.514. The fourth-order valence-corrected chi connectivity index (χ4v) is 0.842. The van der Waals surface area contributed by atoms with E-state index in [1.165, 1.54) is 0 Å². The van der Waals surface area contributed by atoms with Crippen molar-refractivity contribution in [2.75, 3.05) is 13.2 Å². The molecule has 1 aliphatic carbocycles. The van der Waals surface area contributed by atoms with Gasteiger partial charge in [-0.05, 0) is 12.8 Å². The summed E-state index contributed by atoms with van der Waals surface area (Å²) in [5, 5.41) is 11.3. The molecule has 0 saturated heterocycles. The van der Waals surface area contributed by atoms with Crippen molar-refractivity contribution in [1.29, 1.82) is 0 Å². The molecule has 0 atom stereocenters. The molecule has 0 unspecified atom stereocenters. The molecular weight excluding hydrogens is 132 g/mol. The Morgan fingerprint density at radius 2 is 2.30 bits per heavy atom. The first-order valence-corrected chi connectivity index (χ1v) is 3.33. The van der Waals surface area contributed by atoms with Gasteiger partial charge in [-0.1, -0.05) is 0 Å². The van der Waals surface area contributed by atoms with Gasteiger partial charge in [-0.2, -0.15) is 0 Å². The van der Waals surface area contributed by atoms with Crippen LogP contribution in [0.3, 0.4) is 0 Å². The first kappa shape index (κ1) is 7.34. The van der Waals surface area contributed by atoms with Gasteiger partial charge in [0, 0.05) is 12.0 Å². The normalized spacial score (nSPS) is 20.1. The lowest BCUT2D eigenvalue weighted by Gasteiger charge is -2.10. The van der Waals surface area contributed by atoms with Crippen LogP contribution in [0, 0.1) is 5.41 Å². The first-order chi connectivity index (χ1) is 4.68. The average Bonchev–Trinajstić information content (AvgIpc) is 2.64. The second kappa shape index (κ2) is 2.46. The van der Waals surface area contributed by atoms with Crippen LogP contribution in [0.1, 0.15) is 12.8 Å². The predicted octanol–water partition coefficient (Wildman–Crippen LogP) is -0.573. The number of carbonyl (C=O) groups is 1. The molecule has 1 aliphatic rings. The van der Waals surface area contributed by atoms with Gasteiger partial charge in [0.2, 0.25) is 0 Å². The molecule has 0 heterocycles. The second-order valence-electron chi connectivity index (χ2n) is 2.88. The molecule has 0 aliphatic heterocycles. The van der Waals surface area contributed by atoms with E-state index in [1.807, 2.05) is 0 Å². The molecule has 4 nitrogen and oxygen atoms in total. The third-order valence-electron chi connectivity index (χ3n) is 1.93. The minimum atomic E-state index is -0.514. The summed E-state index contributed by atoms with van der Waals surface area (Å²) >= 11 is 0. The Morgan fingerprint density at radius 3 is 2.60 bits per heavy atom. The van der Waals surface area contributed by atoms with Crippen molar-refractivity contribution in [3.63, 3.8) is 0 Å². The number of urea groups is 1. The second-order valence-corrected chi connectivity index (χ2v) is 2.88. The van der Waals surface area contributed by atoms with Crippen molar-refractivity contribution < 1.29 is 9.90 Å². The third kappa shape index (κ3) is 1.60.